The van der Waals surface area contributed by atoms with Crippen molar-refractivity contribution in [2.75, 3.05) is 19.7 Å². The van der Waals surface area contributed by atoms with Crippen LogP contribution in [0.15, 0.2) is 54.9 Å². The maximum atomic E-state index is 5.93. The van der Waals surface area contributed by atoms with Crippen LogP contribution in [-0.4, -0.2) is 34.6 Å². The number of hydrogen-bond donors (Lipinski definition) is 0. The predicted molar refractivity (Wildman–Crippen MR) is 94.7 cm³/mol. The molecule has 4 heteroatoms. The van der Waals surface area contributed by atoms with Crippen molar-refractivity contribution in [1.29, 1.82) is 0 Å². The number of pyridine rings is 2. The van der Waals surface area contributed by atoms with Crippen LogP contribution in [0.2, 0.25) is 0 Å². The first-order valence-electron chi connectivity index (χ1n) is 8.38. The average Bonchev–Trinajstić information content (AvgIpc) is 2.62. The molecule has 1 aromatic carbocycles. The Morgan fingerprint density at radius 1 is 1.17 bits per heavy atom. The molecule has 1 aliphatic rings. The van der Waals surface area contributed by atoms with Crippen molar-refractivity contribution >= 4 is 10.9 Å². The van der Waals surface area contributed by atoms with Gasteiger partial charge in [0.05, 0.1) is 17.8 Å². The fourth-order valence-corrected chi connectivity index (χ4v) is 3.18. The third-order valence-corrected chi connectivity index (χ3v) is 4.49. The van der Waals surface area contributed by atoms with E-state index in [0.29, 0.717) is 0 Å². The van der Waals surface area contributed by atoms with Crippen LogP contribution in [0.5, 0.6) is 0 Å². The number of fused-ring (bicyclic) bond motifs is 1. The van der Waals surface area contributed by atoms with Crippen LogP contribution in [-0.2, 0) is 11.3 Å². The second-order valence-corrected chi connectivity index (χ2v) is 6.39. The second-order valence-electron chi connectivity index (χ2n) is 6.39. The average molecular weight is 319 g/mol. The molecule has 2 aromatic heterocycles. The third-order valence-electron chi connectivity index (χ3n) is 4.49. The number of benzene rings is 1. The number of hydrogen-bond acceptors (Lipinski definition) is 4. The standard InChI is InChI=1S/C20H21N3O/c1-15-4-6-19(22-12-15)20-14-23(9-10-24-20)13-16-5-7-18-17(11-16)3-2-8-21-18/h2-8,11-12,20H,9-10,13-14H2,1H3/t20-/m1/s1. The first kappa shape index (κ1) is 15.2. The van der Waals surface area contributed by atoms with E-state index in [9.17, 15) is 0 Å². The van der Waals surface area contributed by atoms with E-state index in [0.717, 1.165) is 37.5 Å². The Kier molecular flexibility index (Phi) is 4.24. The molecule has 4 nitrogen and oxygen atoms in total. The van der Waals surface area contributed by atoms with Gasteiger partial charge in [0.25, 0.3) is 0 Å². The SMILES string of the molecule is Cc1ccc([C@H]2CN(Cc3ccc4ncccc4c3)CCO2)nc1. The fraction of sp³-hybridized carbons (Fsp3) is 0.300. The maximum absolute atomic E-state index is 5.93. The molecule has 0 N–H and O–H groups in total. The van der Waals surface area contributed by atoms with Crippen molar-refractivity contribution in [3.63, 3.8) is 0 Å². The minimum Gasteiger partial charge on any atom is -0.369 e. The van der Waals surface area contributed by atoms with E-state index >= 15 is 0 Å². The molecule has 4 rings (SSSR count). The summed E-state index contributed by atoms with van der Waals surface area (Å²) in [5, 5.41) is 1.19. The zero-order chi connectivity index (χ0) is 16.4. The lowest BCUT2D eigenvalue weighted by molar-refractivity contribution is -0.0349. The van der Waals surface area contributed by atoms with Gasteiger partial charge in [0, 0.05) is 37.4 Å². The Morgan fingerprint density at radius 2 is 2.12 bits per heavy atom. The number of aromatic nitrogens is 2. The van der Waals surface area contributed by atoms with Gasteiger partial charge in [-0.15, -0.1) is 0 Å². The van der Waals surface area contributed by atoms with Gasteiger partial charge < -0.3 is 4.74 Å². The van der Waals surface area contributed by atoms with Gasteiger partial charge in [-0.3, -0.25) is 14.9 Å². The van der Waals surface area contributed by atoms with Crippen molar-refractivity contribution < 1.29 is 4.74 Å². The molecule has 3 aromatic rings. The molecule has 1 fully saturated rings. The maximum Gasteiger partial charge on any atom is 0.112 e. The summed E-state index contributed by atoms with van der Waals surface area (Å²) in [6.07, 6.45) is 3.80. The molecule has 1 atom stereocenters. The van der Waals surface area contributed by atoms with E-state index in [1.165, 1.54) is 16.5 Å². The summed E-state index contributed by atoms with van der Waals surface area (Å²) in [7, 11) is 0. The second kappa shape index (κ2) is 6.67. The molecule has 1 saturated heterocycles. The Bertz CT molecular complexity index is 832. The van der Waals surface area contributed by atoms with Crippen molar-refractivity contribution in [2.45, 2.75) is 19.6 Å². The van der Waals surface area contributed by atoms with Crippen molar-refractivity contribution in [2.24, 2.45) is 0 Å². The highest BCUT2D eigenvalue weighted by atomic mass is 16.5. The lowest BCUT2D eigenvalue weighted by atomic mass is 10.1. The summed E-state index contributed by atoms with van der Waals surface area (Å²) >= 11 is 0. The zero-order valence-corrected chi connectivity index (χ0v) is 13.9. The number of nitrogens with zero attached hydrogens (tertiary/aromatic N) is 3. The van der Waals surface area contributed by atoms with Crippen LogP contribution in [0.3, 0.4) is 0 Å². The van der Waals surface area contributed by atoms with Gasteiger partial charge in [-0.1, -0.05) is 18.2 Å². The molecule has 122 valence electrons. The third kappa shape index (κ3) is 3.30. The largest absolute Gasteiger partial charge is 0.369 e. The quantitative estimate of drug-likeness (QED) is 0.740. The van der Waals surface area contributed by atoms with Gasteiger partial charge in [0.15, 0.2) is 0 Å². The lowest BCUT2D eigenvalue weighted by Crippen LogP contribution is -2.38. The Balaban J connectivity index is 1.48. The van der Waals surface area contributed by atoms with Gasteiger partial charge >= 0.3 is 0 Å². The number of ether oxygens (including phenoxy) is 1. The normalized spacial score (nSPS) is 18.8. The van der Waals surface area contributed by atoms with Crippen molar-refractivity contribution in [1.82, 2.24) is 14.9 Å². The molecular weight excluding hydrogens is 298 g/mol. The summed E-state index contributed by atoms with van der Waals surface area (Å²) < 4.78 is 5.93. The van der Waals surface area contributed by atoms with E-state index in [1.54, 1.807) is 0 Å². The van der Waals surface area contributed by atoms with Crippen LogP contribution >= 0.6 is 0 Å². The van der Waals surface area contributed by atoms with E-state index in [4.69, 9.17) is 4.74 Å². The van der Waals surface area contributed by atoms with Gasteiger partial charge in [0.2, 0.25) is 0 Å². The molecule has 3 heterocycles. The highest BCUT2D eigenvalue weighted by Crippen LogP contribution is 2.23. The minimum atomic E-state index is 0.0569. The number of rotatable bonds is 3. The summed E-state index contributed by atoms with van der Waals surface area (Å²) in [6.45, 7) is 5.56. The summed E-state index contributed by atoms with van der Waals surface area (Å²) in [5.41, 5.74) is 4.56. The topological polar surface area (TPSA) is 38.2 Å². The predicted octanol–water partition coefficient (Wildman–Crippen LogP) is 3.51. The number of aryl methyl sites for hydroxylation is 1. The van der Waals surface area contributed by atoms with E-state index in [1.807, 2.05) is 18.5 Å². The van der Waals surface area contributed by atoms with Crippen LogP contribution in [0.25, 0.3) is 10.9 Å². The fourth-order valence-electron chi connectivity index (χ4n) is 3.18. The Labute approximate surface area is 142 Å². The van der Waals surface area contributed by atoms with Crippen LogP contribution in [0.1, 0.15) is 22.9 Å². The summed E-state index contributed by atoms with van der Waals surface area (Å²) in [4.78, 5) is 11.3. The van der Waals surface area contributed by atoms with Crippen LogP contribution < -0.4 is 0 Å². The molecule has 24 heavy (non-hydrogen) atoms. The summed E-state index contributed by atoms with van der Waals surface area (Å²) in [6, 6.07) is 14.8. The number of morpholine rings is 1. The minimum absolute atomic E-state index is 0.0569. The molecule has 0 saturated carbocycles. The van der Waals surface area contributed by atoms with Crippen molar-refractivity contribution in [3.8, 4) is 0 Å². The molecule has 1 aliphatic heterocycles. The van der Waals surface area contributed by atoms with Gasteiger partial charge in [-0.2, -0.15) is 0 Å². The first-order chi connectivity index (χ1) is 11.8. The highest BCUT2D eigenvalue weighted by molar-refractivity contribution is 5.78. The van der Waals surface area contributed by atoms with Gasteiger partial charge in [-0.25, -0.2) is 0 Å². The highest BCUT2D eigenvalue weighted by Gasteiger charge is 2.23. The molecular formula is C20H21N3O. The van der Waals surface area contributed by atoms with E-state index < -0.39 is 0 Å². The molecule has 0 bridgehead atoms. The van der Waals surface area contributed by atoms with Gasteiger partial charge in [-0.05, 0) is 42.3 Å². The smallest absolute Gasteiger partial charge is 0.112 e. The Morgan fingerprint density at radius 3 is 3.00 bits per heavy atom. The van der Waals surface area contributed by atoms with E-state index in [-0.39, 0.29) is 6.10 Å². The van der Waals surface area contributed by atoms with Crippen molar-refractivity contribution in [3.05, 3.63) is 71.7 Å². The van der Waals surface area contributed by atoms with Gasteiger partial charge in [0.1, 0.15) is 6.10 Å². The molecule has 0 aliphatic carbocycles. The van der Waals surface area contributed by atoms with E-state index in [2.05, 4.69) is 58.2 Å². The monoisotopic (exact) mass is 319 g/mol. The molecule has 0 amide bonds. The molecule has 0 radical (unpaired) electrons. The van der Waals surface area contributed by atoms with Crippen LogP contribution in [0, 0.1) is 6.92 Å². The first-order valence-corrected chi connectivity index (χ1v) is 8.38. The zero-order valence-electron chi connectivity index (χ0n) is 13.9. The Hall–Kier alpha value is -2.30. The molecule has 0 spiro atoms. The van der Waals surface area contributed by atoms with Crippen LogP contribution in [0.4, 0.5) is 0 Å². The molecule has 0 unspecified atom stereocenters. The lowest BCUT2D eigenvalue weighted by Gasteiger charge is -2.32. The summed E-state index contributed by atoms with van der Waals surface area (Å²) in [5.74, 6) is 0.